The van der Waals surface area contributed by atoms with Crippen LogP contribution in [0.5, 0.6) is 0 Å². The second-order valence-electron chi connectivity index (χ2n) is 5.36. The zero-order chi connectivity index (χ0) is 15.8. The Morgan fingerprint density at radius 2 is 2.00 bits per heavy atom. The topological polar surface area (TPSA) is 78.4 Å². The van der Waals surface area contributed by atoms with Crippen molar-refractivity contribution in [1.29, 1.82) is 0 Å². The molecule has 1 aromatic heterocycles. The normalized spacial score (nSPS) is 15.6. The lowest BCUT2D eigenvalue weighted by molar-refractivity contribution is -0.122. The van der Waals surface area contributed by atoms with Crippen LogP contribution in [0.2, 0.25) is 0 Å². The number of amides is 2. The van der Waals surface area contributed by atoms with Gasteiger partial charge in [-0.1, -0.05) is 13.3 Å². The number of piperazine rings is 1. The fraction of sp³-hybridized carbons (Fsp3) is 0.600. The summed E-state index contributed by atoms with van der Waals surface area (Å²) in [6.07, 6.45) is 6.63. The number of hydrogen-bond donors (Lipinski definition) is 1. The van der Waals surface area contributed by atoms with Crippen molar-refractivity contribution >= 4 is 11.8 Å². The molecule has 1 N–H and O–H groups in total. The van der Waals surface area contributed by atoms with Gasteiger partial charge < -0.3 is 10.2 Å². The lowest BCUT2D eigenvalue weighted by Gasteiger charge is -2.34. The Morgan fingerprint density at radius 1 is 1.23 bits per heavy atom. The van der Waals surface area contributed by atoms with Gasteiger partial charge in [-0.2, -0.15) is 0 Å². The number of hydrogen-bond acceptors (Lipinski definition) is 5. The fourth-order valence-electron chi connectivity index (χ4n) is 2.34. The highest BCUT2D eigenvalue weighted by Gasteiger charge is 2.23. The first-order chi connectivity index (χ1) is 10.7. The largest absolute Gasteiger partial charge is 0.355 e. The lowest BCUT2D eigenvalue weighted by Crippen LogP contribution is -2.51. The van der Waals surface area contributed by atoms with Crippen LogP contribution in [0.1, 0.15) is 30.3 Å². The number of rotatable bonds is 6. The van der Waals surface area contributed by atoms with Gasteiger partial charge in [0.25, 0.3) is 5.91 Å². The summed E-state index contributed by atoms with van der Waals surface area (Å²) in [5, 5.41) is 2.91. The van der Waals surface area contributed by atoms with Crippen LogP contribution in [0.15, 0.2) is 18.6 Å². The van der Waals surface area contributed by atoms with Gasteiger partial charge in [0, 0.05) is 45.1 Å². The Hall–Kier alpha value is -2.02. The van der Waals surface area contributed by atoms with E-state index in [1.807, 2.05) is 0 Å². The third-order valence-electron chi connectivity index (χ3n) is 3.66. The first-order valence-electron chi connectivity index (χ1n) is 7.75. The maximum absolute atomic E-state index is 12.2. The van der Waals surface area contributed by atoms with Crippen molar-refractivity contribution in [2.45, 2.75) is 19.8 Å². The molecule has 2 rings (SSSR count). The Labute approximate surface area is 130 Å². The number of nitrogens with one attached hydrogen (secondary N) is 1. The van der Waals surface area contributed by atoms with Gasteiger partial charge in [-0.15, -0.1) is 0 Å². The highest BCUT2D eigenvalue weighted by atomic mass is 16.2. The molecule has 2 heterocycles. The van der Waals surface area contributed by atoms with Gasteiger partial charge in [0.05, 0.1) is 12.7 Å². The monoisotopic (exact) mass is 305 g/mol. The van der Waals surface area contributed by atoms with Crippen LogP contribution < -0.4 is 5.32 Å². The minimum atomic E-state index is -0.0971. The number of unbranched alkanes of at least 4 members (excludes halogenated alkanes) is 1. The zero-order valence-electron chi connectivity index (χ0n) is 13.0. The number of carbonyl (C=O) groups excluding carboxylic acids is 2. The van der Waals surface area contributed by atoms with E-state index in [2.05, 4.69) is 27.1 Å². The van der Waals surface area contributed by atoms with Crippen LogP contribution in [-0.4, -0.2) is 70.9 Å². The number of aromatic nitrogens is 2. The van der Waals surface area contributed by atoms with Gasteiger partial charge in [-0.25, -0.2) is 4.98 Å². The van der Waals surface area contributed by atoms with E-state index >= 15 is 0 Å². The summed E-state index contributed by atoms with van der Waals surface area (Å²) in [4.78, 5) is 35.8. The molecule has 0 aliphatic carbocycles. The van der Waals surface area contributed by atoms with Crippen LogP contribution in [-0.2, 0) is 4.79 Å². The maximum Gasteiger partial charge on any atom is 0.274 e. The molecule has 1 fully saturated rings. The minimum absolute atomic E-state index is 0.0575. The first kappa shape index (κ1) is 16.4. The molecule has 0 spiro atoms. The second-order valence-corrected chi connectivity index (χ2v) is 5.36. The minimum Gasteiger partial charge on any atom is -0.355 e. The summed E-state index contributed by atoms with van der Waals surface area (Å²) in [7, 11) is 0. The average Bonchev–Trinajstić information content (AvgIpc) is 2.56. The molecule has 0 radical (unpaired) electrons. The van der Waals surface area contributed by atoms with Crippen molar-refractivity contribution in [1.82, 2.24) is 25.1 Å². The fourth-order valence-corrected chi connectivity index (χ4v) is 2.34. The standard InChI is InChI=1S/C15H23N5O2/c1-2-3-4-18-14(21)12-19-7-9-20(10-8-19)15(22)13-11-16-5-6-17-13/h5-6,11H,2-4,7-10,12H2,1H3,(H,18,21). The Bertz CT molecular complexity index is 486. The van der Waals surface area contributed by atoms with Crippen molar-refractivity contribution in [3.63, 3.8) is 0 Å². The molecule has 1 aliphatic rings. The Morgan fingerprint density at radius 3 is 2.64 bits per heavy atom. The highest BCUT2D eigenvalue weighted by Crippen LogP contribution is 2.06. The molecule has 0 aromatic carbocycles. The Kier molecular flexibility index (Phi) is 6.27. The smallest absolute Gasteiger partial charge is 0.274 e. The molecule has 1 saturated heterocycles. The molecule has 0 unspecified atom stereocenters. The van der Waals surface area contributed by atoms with E-state index in [1.165, 1.54) is 12.4 Å². The molecule has 0 saturated carbocycles. The van der Waals surface area contributed by atoms with E-state index in [9.17, 15) is 9.59 Å². The van der Waals surface area contributed by atoms with Gasteiger partial charge in [-0.3, -0.25) is 19.5 Å². The van der Waals surface area contributed by atoms with Crippen LogP contribution >= 0.6 is 0 Å². The van der Waals surface area contributed by atoms with Crippen molar-refractivity contribution in [2.75, 3.05) is 39.3 Å². The van der Waals surface area contributed by atoms with Gasteiger partial charge in [-0.05, 0) is 6.42 Å². The summed E-state index contributed by atoms with van der Waals surface area (Å²) in [5.41, 5.74) is 0.369. The predicted octanol–water partition coefficient (Wildman–Crippen LogP) is 0.151. The summed E-state index contributed by atoms with van der Waals surface area (Å²) >= 11 is 0. The highest BCUT2D eigenvalue weighted by molar-refractivity contribution is 5.92. The van der Waals surface area contributed by atoms with Crippen molar-refractivity contribution in [2.24, 2.45) is 0 Å². The van der Waals surface area contributed by atoms with Crippen LogP contribution in [0.4, 0.5) is 0 Å². The van der Waals surface area contributed by atoms with E-state index in [0.717, 1.165) is 19.4 Å². The van der Waals surface area contributed by atoms with Crippen LogP contribution in [0.25, 0.3) is 0 Å². The van der Waals surface area contributed by atoms with Crippen molar-refractivity contribution in [3.8, 4) is 0 Å². The summed E-state index contributed by atoms with van der Waals surface area (Å²) in [5.74, 6) is -0.0395. The summed E-state index contributed by atoms with van der Waals surface area (Å²) < 4.78 is 0. The van der Waals surface area contributed by atoms with Gasteiger partial charge >= 0.3 is 0 Å². The van der Waals surface area contributed by atoms with E-state index in [-0.39, 0.29) is 11.8 Å². The SMILES string of the molecule is CCCCNC(=O)CN1CCN(C(=O)c2cnccn2)CC1. The molecule has 0 bridgehead atoms. The molecule has 0 atom stereocenters. The number of nitrogens with zero attached hydrogens (tertiary/aromatic N) is 4. The molecule has 2 amide bonds. The molecular weight excluding hydrogens is 282 g/mol. The summed E-state index contributed by atoms with van der Waals surface area (Å²) in [6, 6.07) is 0. The molecular formula is C15H23N5O2. The zero-order valence-corrected chi connectivity index (χ0v) is 13.0. The second kappa shape index (κ2) is 8.43. The van der Waals surface area contributed by atoms with E-state index in [4.69, 9.17) is 0 Å². The Balaban J connectivity index is 1.74. The predicted molar refractivity (Wildman–Crippen MR) is 82.3 cm³/mol. The molecule has 7 heteroatoms. The molecule has 22 heavy (non-hydrogen) atoms. The van der Waals surface area contributed by atoms with E-state index < -0.39 is 0 Å². The molecule has 120 valence electrons. The average molecular weight is 305 g/mol. The molecule has 1 aromatic rings. The van der Waals surface area contributed by atoms with Crippen LogP contribution in [0.3, 0.4) is 0 Å². The van der Waals surface area contributed by atoms with Crippen molar-refractivity contribution < 1.29 is 9.59 Å². The lowest BCUT2D eigenvalue weighted by atomic mass is 10.2. The van der Waals surface area contributed by atoms with Gasteiger partial charge in [0.15, 0.2) is 0 Å². The first-order valence-corrected chi connectivity index (χ1v) is 7.75. The number of carbonyl (C=O) groups is 2. The van der Waals surface area contributed by atoms with Gasteiger partial charge in [0.1, 0.15) is 5.69 Å². The third-order valence-corrected chi connectivity index (χ3v) is 3.66. The van der Waals surface area contributed by atoms with E-state index in [1.54, 1.807) is 11.1 Å². The quantitative estimate of drug-likeness (QED) is 0.757. The summed E-state index contributed by atoms with van der Waals surface area (Å²) in [6.45, 7) is 5.85. The molecule has 7 nitrogen and oxygen atoms in total. The third kappa shape index (κ3) is 4.77. The van der Waals surface area contributed by atoms with Gasteiger partial charge in [0.2, 0.25) is 5.91 Å². The maximum atomic E-state index is 12.2. The molecule has 1 aliphatic heterocycles. The van der Waals surface area contributed by atoms with Crippen molar-refractivity contribution in [3.05, 3.63) is 24.3 Å². The van der Waals surface area contributed by atoms with E-state index in [0.29, 0.717) is 38.4 Å². The van der Waals surface area contributed by atoms with Crippen LogP contribution in [0, 0.1) is 0 Å².